The Morgan fingerprint density at radius 2 is 1.70 bits per heavy atom. The van der Waals surface area contributed by atoms with Gasteiger partial charge in [0.25, 0.3) is 5.91 Å². The monoisotopic (exact) mass is 389 g/mol. The number of nitrogens with one attached hydrogen (secondary N) is 1. The molecule has 2 aromatic rings. The lowest BCUT2D eigenvalue weighted by atomic mass is 9.87. The number of amides is 1. The second-order valence-electron chi connectivity index (χ2n) is 4.99. The van der Waals surface area contributed by atoms with E-state index < -0.39 is 16.2 Å². The molecule has 0 spiro atoms. The highest BCUT2D eigenvalue weighted by Crippen LogP contribution is 2.45. The Kier molecular flexibility index (Phi) is 6.21. The quantitative estimate of drug-likeness (QED) is 0.677. The molecule has 2 rings (SSSR count). The highest BCUT2D eigenvalue weighted by atomic mass is 35.5. The van der Waals surface area contributed by atoms with Gasteiger partial charge in [-0.15, -0.1) is 0 Å². The number of carbonyl (C=O) groups excluding carboxylic acids is 1. The zero-order valence-electron chi connectivity index (χ0n) is 12.3. The van der Waals surface area contributed by atoms with E-state index in [1.54, 1.807) is 49.4 Å². The number of halogens is 4. The van der Waals surface area contributed by atoms with Crippen LogP contribution in [0.1, 0.15) is 24.0 Å². The molecule has 23 heavy (non-hydrogen) atoms. The summed E-state index contributed by atoms with van der Waals surface area (Å²) in [6.07, 6.45) is 0. The van der Waals surface area contributed by atoms with Gasteiger partial charge in [0.2, 0.25) is 4.33 Å². The molecule has 6 heteroatoms. The zero-order valence-corrected chi connectivity index (χ0v) is 15.3. The standard InChI is InChI=1S/C17H15Cl4NO/c1-2-22-16(23)17(20,21)15(11-7-9-12(18)10-8-11)13-5-3-4-6-14(13)19/h3-10,15H,2H2,1H3,(H,22,23)/t15-/m0/s1. The minimum Gasteiger partial charge on any atom is -0.354 e. The number of benzene rings is 2. The normalized spacial score (nSPS) is 12.7. The Morgan fingerprint density at radius 3 is 2.26 bits per heavy atom. The maximum atomic E-state index is 12.4. The summed E-state index contributed by atoms with van der Waals surface area (Å²) in [6.45, 7) is 2.23. The molecule has 0 bridgehead atoms. The lowest BCUT2D eigenvalue weighted by Gasteiger charge is -2.30. The molecule has 0 aliphatic rings. The topological polar surface area (TPSA) is 29.1 Å². The van der Waals surface area contributed by atoms with E-state index in [9.17, 15) is 4.79 Å². The summed E-state index contributed by atoms with van der Waals surface area (Å²) in [5, 5.41) is 3.74. The second-order valence-corrected chi connectivity index (χ2v) is 7.22. The van der Waals surface area contributed by atoms with Gasteiger partial charge >= 0.3 is 0 Å². The molecule has 1 amide bonds. The van der Waals surface area contributed by atoms with Crippen molar-refractivity contribution in [2.45, 2.75) is 17.2 Å². The number of carbonyl (C=O) groups is 1. The van der Waals surface area contributed by atoms with E-state index in [-0.39, 0.29) is 0 Å². The van der Waals surface area contributed by atoms with Gasteiger partial charge in [-0.2, -0.15) is 0 Å². The lowest BCUT2D eigenvalue weighted by molar-refractivity contribution is -0.121. The summed E-state index contributed by atoms with van der Waals surface area (Å²) in [7, 11) is 0. The molecular weight excluding hydrogens is 376 g/mol. The van der Waals surface area contributed by atoms with Gasteiger partial charge in [0.15, 0.2) is 0 Å². The Labute approximate surface area is 155 Å². The summed E-state index contributed by atoms with van der Waals surface area (Å²) < 4.78 is -1.71. The summed E-state index contributed by atoms with van der Waals surface area (Å²) >= 11 is 25.2. The van der Waals surface area contributed by atoms with E-state index >= 15 is 0 Å². The largest absolute Gasteiger partial charge is 0.354 e. The third-order valence-electron chi connectivity index (χ3n) is 3.42. The first-order valence-electron chi connectivity index (χ1n) is 7.04. The van der Waals surface area contributed by atoms with Crippen LogP contribution in [0.25, 0.3) is 0 Å². The van der Waals surface area contributed by atoms with Gasteiger partial charge in [-0.05, 0) is 36.2 Å². The number of hydrogen-bond donors (Lipinski definition) is 1. The fourth-order valence-electron chi connectivity index (χ4n) is 2.36. The van der Waals surface area contributed by atoms with Crippen molar-refractivity contribution >= 4 is 52.3 Å². The average molecular weight is 391 g/mol. The van der Waals surface area contributed by atoms with Crippen LogP contribution in [-0.4, -0.2) is 16.8 Å². The van der Waals surface area contributed by atoms with Gasteiger partial charge in [0.05, 0.1) is 5.92 Å². The smallest absolute Gasteiger partial charge is 0.257 e. The fraction of sp³-hybridized carbons (Fsp3) is 0.235. The molecule has 0 heterocycles. The van der Waals surface area contributed by atoms with E-state index in [4.69, 9.17) is 46.4 Å². The molecule has 0 saturated heterocycles. The Hall–Kier alpha value is -0.930. The van der Waals surface area contributed by atoms with Crippen LogP contribution in [0.3, 0.4) is 0 Å². The highest BCUT2D eigenvalue weighted by Gasteiger charge is 2.44. The third kappa shape index (κ3) is 4.13. The van der Waals surface area contributed by atoms with Crippen molar-refractivity contribution in [1.82, 2.24) is 5.32 Å². The van der Waals surface area contributed by atoms with Gasteiger partial charge in [-0.25, -0.2) is 0 Å². The Balaban J connectivity index is 2.58. The predicted molar refractivity (Wildman–Crippen MR) is 97.9 cm³/mol. The van der Waals surface area contributed by atoms with Crippen LogP contribution in [0, 0.1) is 0 Å². The highest BCUT2D eigenvalue weighted by molar-refractivity contribution is 6.59. The summed E-state index contributed by atoms with van der Waals surface area (Å²) in [4.78, 5) is 12.4. The lowest BCUT2D eigenvalue weighted by Crippen LogP contribution is -2.43. The maximum Gasteiger partial charge on any atom is 0.257 e. The number of hydrogen-bond acceptors (Lipinski definition) is 1. The molecule has 1 N–H and O–H groups in total. The molecule has 2 aromatic carbocycles. The first kappa shape index (κ1) is 18.4. The van der Waals surface area contributed by atoms with Crippen molar-refractivity contribution in [1.29, 1.82) is 0 Å². The molecular formula is C17H15Cl4NO. The van der Waals surface area contributed by atoms with Crippen molar-refractivity contribution in [3.05, 3.63) is 69.7 Å². The van der Waals surface area contributed by atoms with Crippen molar-refractivity contribution in [3.63, 3.8) is 0 Å². The van der Waals surface area contributed by atoms with E-state index in [1.807, 2.05) is 6.07 Å². The predicted octanol–water partition coefficient (Wildman–Crippen LogP) is 5.44. The first-order chi connectivity index (χ1) is 10.9. The minimum atomic E-state index is -1.71. The van der Waals surface area contributed by atoms with Gasteiger partial charge in [-0.1, -0.05) is 76.7 Å². The summed E-state index contributed by atoms with van der Waals surface area (Å²) in [5.74, 6) is -1.11. The molecule has 0 saturated carbocycles. The van der Waals surface area contributed by atoms with Crippen LogP contribution in [0.15, 0.2) is 48.5 Å². The van der Waals surface area contributed by atoms with Gasteiger partial charge in [-0.3, -0.25) is 4.79 Å². The van der Waals surface area contributed by atoms with E-state index in [0.717, 1.165) is 5.56 Å². The second kappa shape index (κ2) is 7.76. The van der Waals surface area contributed by atoms with Crippen molar-refractivity contribution < 1.29 is 4.79 Å². The molecule has 0 aromatic heterocycles. The van der Waals surface area contributed by atoms with Crippen LogP contribution in [-0.2, 0) is 4.79 Å². The van der Waals surface area contributed by atoms with Crippen LogP contribution in [0.4, 0.5) is 0 Å². The molecule has 0 fully saturated rings. The first-order valence-corrected chi connectivity index (χ1v) is 8.55. The van der Waals surface area contributed by atoms with Gasteiger partial charge in [0, 0.05) is 16.6 Å². The van der Waals surface area contributed by atoms with Crippen molar-refractivity contribution in [2.24, 2.45) is 0 Å². The third-order valence-corrected chi connectivity index (χ3v) is 4.80. The van der Waals surface area contributed by atoms with Crippen LogP contribution in [0.2, 0.25) is 10.0 Å². The van der Waals surface area contributed by atoms with E-state index in [0.29, 0.717) is 22.2 Å². The van der Waals surface area contributed by atoms with E-state index in [1.165, 1.54) is 0 Å². The van der Waals surface area contributed by atoms with Crippen LogP contribution < -0.4 is 5.32 Å². The van der Waals surface area contributed by atoms with Gasteiger partial charge in [0.1, 0.15) is 0 Å². The van der Waals surface area contributed by atoms with Crippen LogP contribution in [0.5, 0.6) is 0 Å². The van der Waals surface area contributed by atoms with Gasteiger partial charge < -0.3 is 5.32 Å². The van der Waals surface area contributed by atoms with Crippen LogP contribution >= 0.6 is 46.4 Å². The summed E-state index contributed by atoms with van der Waals surface area (Å²) in [6, 6.07) is 14.2. The number of rotatable bonds is 5. The fourth-order valence-corrected chi connectivity index (χ4v) is 3.35. The Bertz CT molecular complexity index is 685. The molecule has 0 radical (unpaired) electrons. The Morgan fingerprint density at radius 1 is 1.09 bits per heavy atom. The maximum absolute atomic E-state index is 12.4. The zero-order chi connectivity index (χ0) is 17.0. The number of alkyl halides is 2. The molecule has 0 unspecified atom stereocenters. The molecule has 0 aliphatic carbocycles. The SMILES string of the molecule is CCNC(=O)C(Cl)(Cl)[C@@H](c1ccc(Cl)cc1)c1ccccc1Cl. The average Bonchev–Trinajstić information content (AvgIpc) is 2.51. The molecule has 2 nitrogen and oxygen atoms in total. The van der Waals surface area contributed by atoms with Crippen molar-refractivity contribution in [2.75, 3.05) is 6.54 Å². The minimum absolute atomic E-state index is 0.426. The summed E-state index contributed by atoms with van der Waals surface area (Å²) in [5.41, 5.74) is 1.42. The molecule has 1 atom stereocenters. The molecule has 122 valence electrons. The van der Waals surface area contributed by atoms with Crippen molar-refractivity contribution in [3.8, 4) is 0 Å². The van der Waals surface area contributed by atoms with E-state index in [2.05, 4.69) is 5.32 Å². The molecule has 0 aliphatic heterocycles.